The third-order valence-electron chi connectivity index (χ3n) is 3.31. The van der Waals surface area contributed by atoms with E-state index in [1.54, 1.807) is 7.11 Å². The van der Waals surface area contributed by atoms with Crippen molar-refractivity contribution in [1.82, 2.24) is 0 Å². The second-order valence-corrected chi connectivity index (χ2v) is 5.73. The van der Waals surface area contributed by atoms with Gasteiger partial charge in [0, 0.05) is 12.8 Å². The number of carboxylic acid groups (broad SMARTS) is 1. The lowest BCUT2D eigenvalue weighted by Crippen LogP contribution is -3.00. The van der Waals surface area contributed by atoms with E-state index < -0.39 is 5.97 Å². The molecule has 0 spiro atoms. The highest BCUT2D eigenvalue weighted by molar-refractivity contribution is 8.14. The van der Waals surface area contributed by atoms with Crippen molar-refractivity contribution in [3.63, 3.8) is 0 Å². The highest BCUT2D eigenvalue weighted by Gasteiger charge is 2.21. The van der Waals surface area contributed by atoms with Gasteiger partial charge in [0.05, 0.1) is 12.7 Å². The molecule has 6 heteroatoms. The quantitative estimate of drug-likeness (QED) is 0.568. The highest BCUT2D eigenvalue weighted by atomic mass is 79.9. The minimum absolute atomic E-state index is 0. The molecule has 4 nitrogen and oxygen atoms in total. The van der Waals surface area contributed by atoms with E-state index in [0.717, 1.165) is 29.4 Å². The van der Waals surface area contributed by atoms with E-state index in [0.29, 0.717) is 0 Å². The molecule has 1 aromatic rings. The summed E-state index contributed by atoms with van der Waals surface area (Å²) >= 11 is 1.40. The Morgan fingerprint density at radius 2 is 1.86 bits per heavy atom. The average Bonchev–Trinajstić information content (AvgIpc) is 2.49. The molecule has 0 aromatic heterocycles. The van der Waals surface area contributed by atoms with Crippen LogP contribution in [-0.2, 0) is 4.79 Å². The summed E-state index contributed by atoms with van der Waals surface area (Å²) in [5.74, 6) is 0.130. The minimum atomic E-state index is -0.780. The number of ether oxygens (including phenoxy) is 1. The van der Waals surface area contributed by atoms with Crippen LogP contribution in [0, 0.1) is 0 Å². The van der Waals surface area contributed by atoms with Crippen LogP contribution in [0.4, 0.5) is 0 Å². The Kier molecular flexibility index (Phi) is 7.82. The predicted octanol–water partition coefficient (Wildman–Crippen LogP) is -0.540. The zero-order valence-electron chi connectivity index (χ0n) is 12.0. The maximum absolute atomic E-state index is 10.8. The summed E-state index contributed by atoms with van der Waals surface area (Å²) < 4.78 is 7.47. The Morgan fingerprint density at radius 3 is 2.38 bits per heavy atom. The van der Waals surface area contributed by atoms with Crippen LogP contribution < -0.4 is 21.7 Å². The molecule has 0 atom stereocenters. The lowest BCUT2D eigenvalue weighted by molar-refractivity contribution is -0.534. The van der Waals surface area contributed by atoms with Crippen LogP contribution in [0.25, 0.3) is 0 Å². The summed E-state index contributed by atoms with van der Waals surface area (Å²) in [7, 11) is 1.64. The van der Waals surface area contributed by atoms with Gasteiger partial charge in [-0.3, -0.25) is 4.79 Å². The van der Waals surface area contributed by atoms with Crippen molar-refractivity contribution in [2.75, 3.05) is 26.0 Å². The maximum atomic E-state index is 10.8. The number of halogens is 1. The SMILES string of the molecule is COc1ccc(C(SCC(=O)O)=[N+]2CCCCC2)cc1.[Br-]. The first-order valence-electron chi connectivity index (χ1n) is 6.81. The van der Waals surface area contributed by atoms with E-state index in [4.69, 9.17) is 9.84 Å². The van der Waals surface area contributed by atoms with Crippen molar-refractivity contribution in [3.8, 4) is 5.75 Å². The van der Waals surface area contributed by atoms with Crippen LogP contribution in [0.5, 0.6) is 5.75 Å². The maximum Gasteiger partial charge on any atom is 0.314 e. The summed E-state index contributed by atoms with van der Waals surface area (Å²) in [6.07, 6.45) is 3.61. The third kappa shape index (κ3) is 5.36. The molecule has 0 saturated carbocycles. The molecule has 0 amide bonds. The normalized spacial score (nSPS) is 14.2. The molecule has 0 bridgehead atoms. The molecule has 1 saturated heterocycles. The monoisotopic (exact) mass is 373 g/mol. The smallest absolute Gasteiger partial charge is 0.314 e. The Balaban J connectivity index is 0.00000220. The van der Waals surface area contributed by atoms with Gasteiger partial charge in [-0.1, -0.05) is 0 Å². The van der Waals surface area contributed by atoms with Crippen LogP contribution in [0.3, 0.4) is 0 Å². The number of hydrogen-bond donors (Lipinski definition) is 1. The Bertz CT molecular complexity index is 494. The fourth-order valence-corrected chi connectivity index (χ4v) is 3.25. The average molecular weight is 374 g/mol. The van der Waals surface area contributed by atoms with Crippen LogP contribution in [0.15, 0.2) is 24.3 Å². The first-order valence-corrected chi connectivity index (χ1v) is 7.80. The molecule has 1 aromatic carbocycles. The summed E-state index contributed by atoms with van der Waals surface area (Å²) in [4.78, 5) is 10.8. The van der Waals surface area contributed by atoms with E-state index in [2.05, 4.69) is 4.58 Å². The van der Waals surface area contributed by atoms with Crippen molar-refractivity contribution >= 4 is 22.8 Å². The van der Waals surface area contributed by atoms with E-state index in [9.17, 15) is 4.79 Å². The van der Waals surface area contributed by atoms with Gasteiger partial charge in [-0.25, -0.2) is 4.58 Å². The molecule has 1 aliphatic heterocycles. The molecular weight excluding hydrogens is 354 g/mol. The lowest BCUT2D eigenvalue weighted by Gasteiger charge is -2.14. The topological polar surface area (TPSA) is 49.5 Å². The first-order chi connectivity index (χ1) is 9.70. The first kappa shape index (κ1) is 18.0. The zero-order chi connectivity index (χ0) is 14.4. The summed E-state index contributed by atoms with van der Waals surface area (Å²) in [5.41, 5.74) is 1.07. The minimum Gasteiger partial charge on any atom is -1.00 e. The zero-order valence-corrected chi connectivity index (χ0v) is 14.5. The van der Waals surface area contributed by atoms with Gasteiger partial charge in [0.15, 0.2) is 0 Å². The fourth-order valence-electron chi connectivity index (χ4n) is 2.32. The number of benzene rings is 1. The predicted molar refractivity (Wildman–Crippen MR) is 81.0 cm³/mol. The lowest BCUT2D eigenvalue weighted by atomic mass is 10.1. The third-order valence-corrected chi connectivity index (χ3v) is 4.47. The van der Waals surface area contributed by atoms with Crippen molar-refractivity contribution < 1.29 is 36.2 Å². The fraction of sp³-hybridized carbons (Fsp3) is 0.467. The van der Waals surface area contributed by atoms with Gasteiger partial charge in [0.25, 0.3) is 0 Å². The molecule has 1 heterocycles. The van der Waals surface area contributed by atoms with Gasteiger partial charge in [0.1, 0.15) is 24.6 Å². The number of thioether (sulfide) groups is 1. The van der Waals surface area contributed by atoms with Gasteiger partial charge in [0.2, 0.25) is 5.04 Å². The number of aliphatic carboxylic acids is 1. The molecule has 2 rings (SSSR count). The van der Waals surface area contributed by atoms with Crippen molar-refractivity contribution in [2.24, 2.45) is 0 Å². The Morgan fingerprint density at radius 1 is 1.24 bits per heavy atom. The van der Waals surface area contributed by atoms with Crippen LogP contribution in [0.1, 0.15) is 24.8 Å². The van der Waals surface area contributed by atoms with Gasteiger partial charge in [-0.15, -0.1) is 0 Å². The molecule has 0 unspecified atom stereocenters. The summed E-state index contributed by atoms with van der Waals surface area (Å²) in [5, 5.41) is 9.98. The Labute approximate surface area is 140 Å². The number of methoxy groups -OCH3 is 1. The van der Waals surface area contributed by atoms with Gasteiger partial charge >= 0.3 is 5.97 Å². The van der Waals surface area contributed by atoms with E-state index in [1.165, 1.54) is 31.0 Å². The van der Waals surface area contributed by atoms with E-state index >= 15 is 0 Å². The van der Waals surface area contributed by atoms with Crippen molar-refractivity contribution in [3.05, 3.63) is 29.8 Å². The van der Waals surface area contributed by atoms with Crippen LogP contribution in [-0.4, -0.2) is 46.6 Å². The summed E-state index contributed by atoms with van der Waals surface area (Å²) in [6, 6.07) is 7.83. The standard InChI is InChI=1S/C15H19NO3S.BrH/c1-19-13-7-5-12(6-8-13)15(20-11-14(17)18)16-9-3-2-4-10-16;/h5-8H,2-4,9-11H2,1H3;1H. The second-order valence-electron chi connectivity index (χ2n) is 4.76. The number of piperidine rings is 1. The molecule has 0 radical (unpaired) electrons. The number of rotatable bonds is 4. The number of nitrogens with zero attached hydrogens (tertiary/aromatic N) is 1. The molecular formula is C15H20BrNO3S. The molecule has 1 fully saturated rings. The molecule has 116 valence electrons. The molecule has 0 aliphatic carbocycles. The largest absolute Gasteiger partial charge is 1.00 e. The van der Waals surface area contributed by atoms with E-state index in [-0.39, 0.29) is 22.7 Å². The van der Waals surface area contributed by atoms with Crippen molar-refractivity contribution in [1.29, 1.82) is 0 Å². The van der Waals surface area contributed by atoms with Gasteiger partial charge < -0.3 is 26.8 Å². The van der Waals surface area contributed by atoms with Crippen LogP contribution >= 0.6 is 11.8 Å². The van der Waals surface area contributed by atoms with Gasteiger partial charge in [-0.05, 0) is 42.4 Å². The number of hydrogen-bond acceptors (Lipinski definition) is 3. The molecule has 1 aliphatic rings. The highest BCUT2D eigenvalue weighted by Crippen LogP contribution is 2.19. The Hall–Kier alpha value is -1.01. The molecule has 21 heavy (non-hydrogen) atoms. The van der Waals surface area contributed by atoms with Crippen LogP contribution in [0.2, 0.25) is 0 Å². The summed E-state index contributed by atoms with van der Waals surface area (Å²) in [6.45, 7) is 2.02. The van der Waals surface area contributed by atoms with Gasteiger partial charge in [-0.2, -0.15) is 0 Å². The van der Waals surface area contributed by atoms with Crippen molar-refractivity contribution in [2.45, 2.75) is 19.3 Å². The van der Waals surface area contributed by atoms with E-state index in [1.807, 2.05) is 24.3 Å². The number of carboxylic acids is 1. The molecule has 1 N–H and O–H groups in total. The number of carbonyl (C=O) groups is 1. The second kappa shape index (κ2) is 9.10.